The van der Waals surface area contributed by atoms with Gasteiger partial charge in [0, 0.05) is 24.5 Å². The molecule has 4 aromatic rings. The lowest BCUT2D eigenvalue weighted by atomic mass is 10.1. The maximum Gasteiger partial charge on any atom is 0.416 e. The maximum absolute atomic E-state index is 14.5. The molecule has 10 heteroatoms. The first kappa shape index (κ1) is 21.0. The topological polar surface area (TPSA) is 74.3 Å². The van der Waals surface area contributed by atoms with Crippen LogP contribution >= 0.6 is 0 Å². The second-order valence-electron chi connectivity index (χ2n) is 6.86. The largest absolute Gasteiger partial charge is 0.416 e. The Labute approximate surface area is 179 Å². The normalized spacial score (nSPS) is 11.4. The molecule has 0 aliphatic rings. The zero-order valence-corrected chi connectivity index (χ0v) is 16.4. The van der Waals surface area contributed by atoms with Crippen LogP contribution < -0.4 is 4.90 Å². The minimum Gasteiger partial charge on any atom is -0.310 e. The molecular formula is C22H13F4N5O. The highest BCUT2D eigenvalue weighted by Gasteiger charge is 2.31. The minimum atomic E-state index is -4.67. The van der Waals surface area contributed by atoms with Gasteiger partial charge in [-0.05, 0) is 42.5 Å². The van der Waals surface area contributed by atoms with E-state index in [0.717, 1.165) is 12.1 Å². The van der Waals surface area contributed by atoms with Crippen molar-refractivity contribution < 1.29 is 22.4 Å². The molecule has 0 bridgehead atoms. The number of aromatic nitrogens is 3. The molecule has 0 atom stereocenters. The molecule has 0 aliphatic heterocycles. The Kier molecular flexibility index (Phi) is 5.10. The van der Waals surface area contributed by atoms with Crippen molar-refractivity contribution in [1.29, 1.82) is 5.26 Å². The zero-order valence-electron chi connectivity index (χ0n) is 16.4. The van der Waals surface area contributed by atoms with Crippen LogP contribution in [0.25, 0.3) is 16.9 Å². The highest BCUT2D eigenvalue weighted by molar-refractivity contribution is 6.04. The number of alkyl halides is 3. The van der Waals surface area contributed by atoms with Gasteiger partial charge in [0.1, 0.15) is 11.5 Å². The van der Waals surface area contributed by atoms with Crippen molar-refractivity contribution in [1.82, 2.24) is 14.4 Å². The van der Waals surface area contributed by atoms with E-state index in [1.165, 1.54) is 34.9 Å². The van der Waals surface area contributed by atoms with E-state index in [1.807, 2.05) is 6.07 Å². The quantitative estimate of drug-likeness (QED) is 0.434. The third-order valence-electron chi connectivity index (χ3n) is 4.88. The van der Waals surface area contributed by atoms with E-state index in [1.54, 1.807) is 24.3 Å². The van der Waals surface area contributed by atoms with Crippen LogP contribution in [0, 0.1) is 17.1 Å². The van der Waals surface area contributed by atoms with E-state index in [2.05, 4.69) is 9.97 Å². The van der Waals surface area contributed by atoms with E-state index in [0.29, 0.717) is 17.3 Å². The molecule has 6 nitrogen and oxygen atoms in total. The summed E-state index contributed by atoms with van der Waals surface area (Å²) in [5.41, 5.74) is 0.229. The number of imidazole rings is 1. The number of hydrogen-bond donors (Lipinski definition) is 0. The Morgan fingerprint density at radius 3 is 2.44 bits per heavy atom. The number of fused-ring (bicyclic) bond motifs is 1. The highest BCUT2D eigenvalue weighted by Crippen LogP contribution is 2.33. The molecule has 2 heterocycles. The van der Waals surface area contributed by atoms with Crippen molar-refractivity contribution in [2.45, 2.75) is 6.18 Å². The van der Waals surface area contributed by atoms with E-state index < -0.39 is 23.5 Å². The summed E-state index contributed by atoms with van der Waals surface area (Å²) in [6.45, 7) is 0. The van der Waals surface area contributed by atoms with Gasteiger partial charge >= 0.3 is 6.18 Å². The number of carbonyl (C=O) groups excluding carboxylic acids is 1. The Morgan fingerprint density at radius 2 is 1.81 bits per heavy atom. The van der Waals surface area contributed by atoms with Crippen LogP contribution in [0.2, 0.25) is 0 Å². The lowest BCUT2D eigenvalue weighted by Crippen LogP contribution is -2.27. The number of benzene rings is 2. The second kappa shape index (κ2) is 7.77. The number of nitrogens with zero attached hydrogens (tertiary/aromatic N) is 5. The molecule has 0 fully saturated rings. The number of anilines is 1. The van der Waals surface area contributed by atoms with Crippen molar-refractivity contribution in [3.05, 3.63) is 83.7 Å². The van der Waals surface area contributed by atoms with Gasteiger partial charge in [-0.25, -0.2) is 14.4 Å². The molecule has 4 rings (SSSR count). The van der Waals surface area contributed by atoms with Gasteiger partial charge in [0.2, 0.25) is 0 Å². The van der Waals surface area contributed by atoms with Crippen LogP contribution in [-0.4, -0.2) is 27.3 Å². The third kappa shape index (κ3) is 3.76. The highest BCUT2D eigenvalue weighted by atomic mass is 19.4. The SMILES string of the molecule is CN(C(=O)c1cn2c(-c3ccc(C(F)(F)F)cc3F)cnc2cn1)c1ccc(C#N)cc1. The average molecular weight is 439 g/mol. The fraction of sp³-hybridized carbons (Fsp3) is 0.0909. The van der Waals surface area contributed by atoms with Crippen molar-refractivity contribution in [2.24, 2.45) is 0 Å². The van der Waals surface area contributed by atoms with Gasteiger partial charge in [-0.3, -0.25) is 9.20 Å². The molecule has 0 spiro atoms. The van der Waals surface area contributed by atoms with Crippen LogP contribution in [0.1, 0.15) is 21.6 Å². The number of halogens is 4. The van der Waals surface area contributed by atoms with Gasteiger partial charge in [-0.2, -0.15) is 18.4 Å². The van der Waals surface area contributed by atoms with Crippen molar-refractivity contribution in [3.8, 4) is 17.3 Å². The predicted molar refractivity (Wildman–Crippen MR) is 107 cm³/mol. The van der Waals surface area contributed by atoms with Crippen molar-refractivity contribution in [2.75, 3.05) is 11.9 Å². The average Bonchev–Trinajstić information content (AvgIpc) is 3.20. The van der Waals surface area contributed by atoms with Gasteiger partial charge in [0.25, 0.3) is 5.91 Å². The number of rotatable bonds is 3. The van der Waals surface area contributed by atoms with Gasteiger partial charge in [0.15, 0.2) is 5.65 Å². The van der Waals surface area contributed by atoms with Gasteiger partial charge in [0.05, 0.1) is 35.3 Å². The summed E-state index contributed by atoms with van der Waals surface area (Å²) in [6, 6.07) is 10.6. The molecule has 1 amide bonds. The summed E-state index contributed by atoms with van der Waals surface area (Å²) in [5.74, 6) is -1.55. The van der Waals surface area contributed by atoms with E-state index in [4.69, 9.17) is 5.26 Å². The third-order valence-corrected chi connectivity index (χ3v) is 4.88. The first-order chi connectivity index (χ1) is 15.2. The first-order valence-electron chi connectivity index (χ1n) is 9.17. The second-order valence-corrected chi connectivity index (χ2v) is 6.86. The molecule has 0 radical (unpaired) electrons. The fourth-order valence-electron chi connectivity index (χ4n) is 3.15. The molecule has 0 aliphatic carbocycles. The van der Waals surface area contributed by atoms with Gasteiger partial charge in [-0.1, -0.05) is 0 Å². The predicted octanol–water partition coefficient (Wildman–Crippen LogP) is 4.70. The lowest BCUT2D eigenvalue weighted by molar-refractivity contribution is -0.137. The maximum atomic E-state index is 14.5. The smallest absolute Gasteiger partial charge is 0.310 e. The standard InChI is InChI=1S/C22H13F4N5O/c1-30(15-5-2-13(9-27)3-6-15)21(32)18-12-31-19(10-29-20(31)11-28-18)16-7-4-14(8-17(16)23)22(24,25)26/h2-8,10-12H,1H3. The summed E-state index contributed by atoms with van der Waals surface area (Å²) in [5, 5.41) is 8.90. The Morgan fingerprint density at radius 1 is 1.09 bits per heavy atom. The summed E-state index contributed by atoms with van der Waals surface area (Å²) < 4.78 is 54.4. The molecule has 0 saturated carbocycles. The Bertz CT molecular complexity index is 1370. The fourth-order valence-corrected chi connectivity index (χ4v) is 3.15. The number of amides is 1. The van der Waals surface area contributed by atoms with Crippen LogP contribution in [-0.2, 0) is 6.18 Å². The van der Waals surface area contributed by atoms with Crippen molar-refractivity contribution in [3.63, 3.8) is 0 Å². The van der Waals surface area contributed by atoms with Crippen LogP contribution in [0.5, 0.6) is 0 Å². The minimum absolute atomic E-state index is 0.0101. The molecule has 32 heavy (non-hydrogen) atoms. The number of hydrogen-bond acceptors (Lipinski definition) is 4. The zero-order chi connectivity index (χ0) is 23.0. The summed E-state index contributed by atoms with van der Waals surface area (Å²) in [4.78, 5) is 22.4. The molecule has 2 aromatic heterocycles. The number of nitriles is 1. The molecule has 0 N–H and O–H groups in total. The molecule has 0 unspecified atom stereocenters. The van der Waals surface area contributed by atoms with Crippen molar-refractivity contribution >= 4 is 17.2 Å². The van der Waals surface area contributed by atoms with Crippen LogP contribution in [0.3, 0.4) is 0 Å². The Balaban J connectivity index is 1.71. The summed E-state index contributed by atoms with van der Waals surface area (Å²) in [7, 11) is 1.53. The summed E-state index contributed by atoms with van der Waals surface area (Å²) >= 11 is 0. The summed E-state index contributed by atoms with van der Waals surface area (Å²) in [6.07, 6.45) is -0.720. The molecule has 2 aromatic carbocycles. The number of carbonyl (C=O) groups is 1. The van der Waals surface area contributed by atoms with Gasteiger partial charge in [-0.15, -0.1) is 0 Å². The van der Waals surface area contributed by atoms with Gasteiger partial charge < -0.3 is 4.90 Å². The lowest BCUT2D eigenvalue weighted by Gasteiger charge is -2.17. The van der Waals surface area contributed by atoms with E-state index in [9.17, 15) is 22.4 Å². The monoisotopic (exact) mass is 439 g/mol. The van der Waals surface area contributed by atoms with Crippen LogP contribution in [0.4, 0.5) is 23.2 Å². The van der Waals surface area contributed by atoms with Crippen LogP contribution in [0.15, 0.2) is 61.1 Å². The van der Waals surface area contributed by atoms with E-state index in [-0.39, 0.29) is 22.6 Å². The molecule has 160 valence electrons. The molecular weight excluding hydrogens is 426 g/mol. The first-order valence-corrected chi connectivity index (χ1v) is 9.17. The van der Waals surface area contributed by atoms with E-state index >= 15 is 0 Å². The Hall–Kier alpha value is -4.26. The molecule has 0 saturated heterocycles.